The zero-order valence-electron chi connectivity index (χ0n) is 14.3. The van der Waals surface area contributed by atoms with Crippen molar-refractivity contribution in [2.45, 2.75) is 51.8 Å². The number of aryl methyl sites for hydroxylation is 1. The third-order valence-corrected chi connectivity index (χ3v) is 4.08. The van der Waals surface area contributed by atoms with Crippen molar-refractivity contribution >= 4 is 0 Å². The molecule has 0 saturated carbocycles. The fraction of sp³-hybridized carbons (Fsp3) is 0.526. The van der Waals surface area contributed by atoms with Gasteiger partial charge in [0.15, 0.2) is 5.89 Å². The normalized spacial score (nSPS) is 17.3. The molecule has 0 aliphatic carbocycles. The molecule has 1 saturated heterocycles. The Hall–Kier alpha value is -1.85. The van der Waals surface area contributed by atoms with E-state index in [9.17, 15) is 0 Å². The fourth-order valence-electron chi connectivity index (χ4n) is 2.76. The lowest BCUT2D eigenvalue weighted by Crippen LogP contribution is -2.16. The van der Waals surface area contributed by atoms with Crippen LogP contribution in [0.5, 0.6) is 5.75 Å². The predicted octanol–water partition coefficient (Wildman–Crippen LogP) is 3.47. The lowest BCUT2D eigenvalue weighted by atomic mass is 10.2. The number of nitrogens with one attached hydrogen (secondary N) is 1. The number of nitrogens with zero attached hydrogens (tertiary/aromatic N) is 1. The minimum Gasteiger partial charge on any atom is -0.491 e. The van der Waals surface area contributed by atoms with E-state index in [-0.39, 0.29) is 6.10 Å². The van der Waals surface area contributed by atoms with Crippen molar-refractivity contribution in [1.82, 2.24) is 10.3 Å². The Labute approximate surface area is 143 Å². The Morgan fingerprint density at radius 1 is 1.25 bits per heavy atom. The zero-order valence-corrected chi connectivity index (χ0v) is 14.3. The van der Waals surface area contributed by atoms with Crippen LogP contribution in [0.2, 0.25) is 0 Å². The third kappa shape index (κ3) is 5.08. The summed E-state index contributed by atoms with van der Waals surface area (Å²) in [6, 6.07) is 8.20. The van der Waals surface area contributed by atoms with Gasteiger partial charge in [-0.2, -0.15) is 0 Å². The van der Waals surface area contributed by atoms with E-state index in [0.717, 1.165) is 56.2 Å². The quantitative estimate of drug-likeness (QED) is 0.763. The molecule has 1 aromatic heterocycles. The number of rotatable bonds is 9. The van der Waals surface area contributed by atoms with Crippen molar-refractivity contribution in [2.24, 2.45) is 0 Å². The van der Waals surface area contributed by atoms with E-state index in [0.29, 0.717) is 13.2 Å². The molecule has 1 atom stereocenters. The van der Waals surface area contributed by atoms with Crippen molar-refractivity contribution in [1.29, 1.82) is 0 Å². The molecule has 3 rings (SSSR count). The standard InChI is InChI=1S/C19H26N2O3/c1-2-4-19-21-13-18(24-19)12-20-11-15-6-8-16(9-7-15)23-14-17-5-3-10-22-17/h6-9,13,17,20H,2-5,10-12,14H2,1H3. The summed E-state index contributed by atoms with van der Waals surface area (Å²) in [5.74, 6) is 2.60. The first-order valence-corrected chi connectivity index (χ1v) is 8.81. The van der Waals surface area contributed by atoms with Crippen molar-refractivity contribution in [3.63, 3.8) is 0 Å². The van der Waals surface area contributed by atoms with E-state index in [4.69, 9.17) is 13.9 Å². The van der Waals surface area contributed by atoms with Crippen LogP contribution in [0.25, 0.3) is 0 Å². The zero-order chi connectivity index (χ0) is 16.6. The maximum Gasteiger partial charge on any atom is 0.194 e. The van der Waals surface area contributed by atoms with E-state index in [1.807, 2.05) is 12.1 Å². The van der Waals surface area contributed by atoms with Gasteiger partial charge in [-0.25, -0.2) is 4.98 Å². The molecule has 1 unspecified atom stereocenters. The fourth-order valence-corrected chi connectivity index (χ4v) is 2.76. The summed E-state index contributed by atoms with van der Waals surface area (Å²) in [6.45, 7) is 5.10. The van der Waals surface area contributed by atoms with Crippen LogP contribution in [-0.4, -0.2) is 24.3 Å². The van der Waals surface area contributed by atoms with Gasteiger partial charge in [0.1, 0.15) is 18.1 Å². The number of benzene rings is 1. The van der Waals surface area contributed by atoms with Crippen molar-refractivity contribution in [3.05, 3.63) is 47.7 Å². The van der Waals surface area contributed by atoms with Crippen molar-refractivity contribution in [3.8, 4) is 5.75 Å². The molecule has 0 amide bonds. The van der Waals surface area contributed by atoms with Crippen LogP contribution in [0, 0.1) is 0 Å². The second-order valence-electron chi connectivity index (χ2n) is 6.16. The van der Waals surface area contributed by atoms with Crippen LogP contribution in [0.1, 0.15) is 43.4 Å². The molecule has 2 aromatic rings. The molecule has 1 fully saturated rings. The molecule has 130 valence electrons. The van der Waals surface area contributed by atoms with Gasteiger partial charge in [-0.15, -0.1) is 0 Å². The number of hydrogen-bond donors (Lipinski definition) is 1. The van der Waals surface area contributed by atoms with E-state index < -0.39 is 0 Å². The van der Waals surface area contributed by atoms with Gasteiger partial charge < -0.3 is 19.2 Å². The smallest absolute Gasteiger partial charge is 0.194 e. The Balaban J connectivity index is 1.38. The molecule has 0 bridgehead atoms. The highest BCUT2D eigenvalue weighted by molar-refractivity contribution is 5.27. The topological polar surface area (TPSA) is 56.5 Å². The van der Waals surface area contributed by atoms with Gasteiger partial charge in [0.05, 0.1) is 18.8 Å². The van der Waals surface area contributed by atoms with Crippen LogP contribution >= 0.6 is 0 Å². The average Bonchev–Trinajstić information content (AvgIpc) is 3.27. The molecule has 0 spiro atoms. The first-order chi connectivity index (χ1) is 11.8. The lowest BCUT2D eigenvalue weighted by Gasteiger charge is -2.11. The molecule has 0 radical (unpaired) electrons. The summed E-state index contributed by atoms with van der Waals surface area (Å²) in [5.41, 5.74) is 1.22. The highest BCUT2D eigenvalue weighted by atomic mass is 16.5. The summed E-state index contributed by atoms with van der Waals surface area (Å²) in [5, 5.41) is 3.38. The van der Waals surface area contributed by atoms with Crippen molar-refractivity contribution < 1.29 is 13.9 Å². The second kappa shape index (κ2) is 8.85. The van der Waals surface area contributed by atoms with E-state index in [1.165, 1.54) is 5.56 Å². The number of hydrogen-bond acceptors (Lipinski definition) is 5. The summed E-state index contributed by atoms with van der Waals surface area (Å²) in [6.07, 6.45) is 6.25. The molecule has 1 aromatic carbocycles. The lowest BCUT2D eigenvalue weighted by molar-refractivity contribution is 0.0679. The Bertz CT molecular complexity index is 603. The molecular formula is C19H26N2O3. The van der Waals surface area contributed by atoms with Crippen molar-refractivity contribution in [2.75, 3.05) is 13.2 Å². The summed E-state index contributed by atoms with van der Waals surface area (Å²) in [4.78, 5) is 4.26. The molecule has 5 heteroatoms. The van der Waals surface area contributed by atoms with Gasteiger partial charge in [0, 0.05) is 19.6 Å². The number of aromatic nitrogens is 1. The largest absolute Gasteiger partial charge is 0.491 e. The molecule has 5 nitrogen and oxygen atoms in total. The van der Waals surface area contributed by atoms with Crippen LogP contribution in [0.4, 0.5) is 0 Å². The minimum absolute atomic E-state index is 0.255. The molecule has 1 N–H and O–H groups in total. The molecule has 1 aliphatic heterocycles. The highest BCUT2D eigenvalue weighted by Crippen LogP contribution is 2.16. The first-order valence-electron chi connectivity index (χ1n) is 8.81. The van der Waals surface area contributed by atoms with Gasteiger partial charge >= 0.3 is 0 Å². The maximum absolute atomic E-state index is 5.78. The number of ether oxygens (including phenoxy) is 2. The summed E-state index contributed by atoms with van der Waals surface area (Å²) in [7, 11) is 0. The maximum atomic E-state index is 5.78. The molecule has 1 aliphatic rings. The van der Waals surface area contributed by atoms with E-state index >= 15 is 0 Å². The average molecular weight is 330 g/mol. The Morgan fingerprint density at radius 3 is 2.88 bits per heavy atom. The van der Waals surface area contributed by atoms with E-state index in [2.05, 4.69) is 29.4 Å². The third-order valence-electron chi connectivity index (χ3n) is 4.08. The van der Waals surface area contributed by atoms with Crippen LogP contribution in [-0.2, 0) is 24.2 Å². The number of oxazole rings is 1. The van der Waals surface area contributed by atoms with E-state index in [1.54, 1.807) is 6.20 Å². The minimum atomic E-state index is 0.255. The van der Waals surface area contributed by atoms with Crippen LogP contribution in [0.3, 0.4) is 0 Å². The Morgan fingerprint density at radius 2 is 2.12 bits per heavy atom. The monoisotopic (exact) mass is 330 g/mol. The van der Waals surface area contributed by atoms with Gasteiger partial charge in [-0.05, 0) is 37.0 Å². The second-order valence-corrected chi connectivity index (χ2v) is 6.16. The van der Waals surface area contributed by atoms with Gasteiger partial charge in [0.25, 0.3) is 0 Å². The molecule has 24 heavy (non-hydrogen) atoms. The van der Waals surface area contributed by atoms with Gasteiger partial charge in [0.2, 0.25) is 0 Å². The summed E-state index contributed by atoms with van der Waals surface area (Å²) >= 11 is 0. The van der Waals surface area contributed by atoms with Gasteiger partial charge in [-0.1, -0.05) is 19.1 Å². The predicted molar refractivity (Wildman–Crippen MR) is 92.0 cm³/mol. The van der Waals surface area contributed by atoms with Gasteiger partial charge in [-0.3, -0.25) is 0 Å². The van der Waals surface area contributed by atoms with Crippen LogP contribution < -0.4 is 10.1 Å². The Kier molecular flexibility index (Phi) is 6.26. The molecular weight excluding hydrogens is 304 g/mol. The van der Waals surface area contributed by atoms with Crippen LogP contribution in [0.15, 0.2) is 34.9 Å². The highest BCUT2D eigenvalue weighted by Gasteiger charge is 2.15. The summed E-state index contributed by atoms with van der Waals surface area (Å²) < 4.78 is 17.0. The SMILES string of the molecule is CCCc1ncc(CNCc2ccc(OCC3CCCO3)cc2)o1. The first kappa shape index (κ1) is 17.0. The molecule has 2 heterocycles.